The Hall–Kier alpha value is -1.51. The van der Waals surface area contributed by atoms with Gasteiger partial charge in [0.2, 0.25) is 0 Å². The SMILES string of the molecule is CCC(O)(CC)C(C#CCOCc1ccccc1)C(F)(F)F. The lowest BCUT2D eigenvalue weighted by molar-refractivity contribution is -0.208. The summed E-state index contributed by atoms with van der Waals surface area (Å²) in [5, 5.41) is 10.1. The number of halogens is 3. The zero-order chi connectivity index (χ0) is 16.6. The lowest BCUT2D eigenvalue weighted by Crippen LogP contribution is -2.44. The zero-order valence-corrected chi connectivity index (χ0v) is 12.8. The molecule has 1 rings (SSSR count). The van der Waals surface area contributed by atoms with Gasteiger partial charge in [-0.2, -0.15) is 13.2 Å². The van der Waals surface area contributed by atoms with Crippen LogP contribution in [0.4, 0.5) is 13.2 Å². The smallest absolute Gasteiger partial charge is 0.388 e. The summed E-state index contributed by atoms with van der Waals surface area (Å²) in [5.41, 5.74) is -0.930. The molecule has 2 nitrogen and oxygen atoms in total. The number of hydrogen-bond acceptors (Lipinski definition) is 2. The molecule has 0 bridgehead atoms. The van der Waals surface area contributed by atoms with E-state index in [1.54, 1.807) is 0 Å². The Labute approximate surface area is 129 Å². The molecule has 1 N–H and O–H groups in total. The van der Waals surface area contributed by atoms with E-state index in [1.807, 2.05) is 30.3 Å². The van der Waals surface area contributed by atoms with Crippen LogP contribution in [0.15, 0.2) is 30.3 Å². The van der Waals surface area contributed by atoms with Crippen LogP contribution in [-0.2, 0) is 11.3 Å². The van der Waals surface area contributed by atoms with Gasteiger partial charge in [-0.25, -0.2) is 0 Å². The quantitative estimate of drug-likeness (QED) is 0.637. The van der Waals surface area contributed by atoms with Crippen LogP contribution in [0.1, 0.15) is 32.3 Å². The molecule has 0 aliphatic heterocycles. The Morgan fingerprint density at radius 1 is 1.14 bits per heavy atom. The molecule has 0 aromatic heterocycles. The van der Waals surface area contributed by atoms with Crippen molar-refractivity contribution in [3.8, 4) is 11.8 Å². The van der Waals surface area contributed by atoms with Crippen molar-refractivity contribution in [1.29, 1.82) is 0 Å². The van der Waals surface area contributed by atoms with E-state index in [0.717, 1.165) is 5.56 Å². The average Bonchev–Trinajstić information content (AvgIpc) is 2.50. The largest absolute Gasteiger partial charge is 0.405 e. The molecule has 1 atom stereocenters. The van der Waals surface area contributed by atoms with Gasteiger partial charge < -0.3 is 9.84 Å². The number of ether oxygens (including phenoxy) is 1. The number of aliphatic hydroxyl groups is 1. The summed E-state index contributed by atoms with van der Waals surface area (Å²) < 4.78 is 44.4. The monoisotopic (exact) mass is 314 g/mol. The fourth-order valence-electron chi connectivity index (χ4n) is 2.12. The van der Waals surface area contributed by atoms with Crippen LogP contribution in [-0.4, -0.2) is 23.5 Å². The van der Waals surface area contributed by atoms with E-state index in [4.69, 9.17) is 4.74 Å². The first-order valence-corrected chi connectivity index (χ1v) is 7.22. The first kappa shape index (κ1) is 18.5. The van der Waals surface area contributed by atoms with Crippen LogP contribution < -0.4 is 0 Å². The van der Waals surface area contributed by atoms with Crippen molar-refractivity contribution >= 4 is 0 Å². The molecule has 22 heavy (non-hydrogen) atoms. The summed E-state index contributed by atoms with van der Waals surface area (Å²) in [6, 6.07) is 9.30. The second-order valence-electron chi connectivity index (χ2n) is 5.08. The number of hydrogen-bond donors (Lipinski definition) is 1. The first-order chi connectivity index (χ1) is 10.3. The van der Waals surface area contributed by atoms with Gasteiger partial charge >= 0.3 is 6.18 Å². The van der Waals surface area contributed by atoms with E-state index in [0.29, 0.717) is 0 Å². The molecule has 0 spiro atoms. The van der Waals surface area contributed by atoms with Crippen LogP contribution in [0.5, 0.6) is 0 Å². The van der Waals surface area contributed by atoms with Gasteiger partial charge in [0.25, 0.3) is 0 Å². The van der Waals surface area contributed by atoms with Crippen LogP contribution >= 0.6 is 0 Å². The van der Waals surface area contributed by atoms with Crippen molar-refractivity contribution in [2.45, 2.75) is 45.1 Å². The third-order valence-electron chi connectivity index (χ3n) is 3.62. The summed E-state index contributed by atoms with van der Waals surface area (Å²) >= 11 is 0. The number of alkyl halides is 3. The van der Waals surface area contributed by atoms with Gasteiger partial charge in [-0.1, -0.05) is 56.0 Å². The topological polar surface area (TPSA) is 29.5 Å². The van der Waals surface area contributed by atoms with Crippen molar-refractivity contribution in [2.24, 2.45) is 5.92 Å². The predicted molar refractivity (Wildman–Crippen MR) is 79.0 cm³/mol. The Kier molecular flexibility index (Phi) is 6.92. The fourth-order valence-corrected chi connectivity index (χ4v) is 2.12. The maximum atomic E-state index is 13.1. The Bertz CT molecular complexity index is 496. The normalized spacial score (nSPS) is 13.4. The lowest BCUT2D eigenvalue weighted by atomic mass is 9.82. The molecular weight excluding hydrogens is 293 g/mol. The van der Waals surface area contributed by atoms with Gasteiger partial charge in [-0.3, -0.25) is 0 Å². The minimum atomic E-state index is -4.56. The zero-order valence-electron chi connectivity index (χ0n) is 12.8. The Morgan fingerprint density at radius 3 is 2.23 bits per heavy atom. The second kappa shape index (κ2) is 8.21. The second-order valence-corrected chi connectivity index (χ2v) is 5.08. The number of rotatable bonds is 6. The minimum absolute atomic E-state index is 0.00672. The van der Waals surface area contributed by atoms with Crippen LogP contribution in [0.2, 0.25) is 0 Å². The van der Waals surface area contributed by atoms with Crippen molar-refractivity contribution in [1.82, 2.24) is 0 Å². The lowest BCUT2D eigenvalue weighted by Gasteiger charge is -2.32. The molecule has 1 unspecified atom stereocenters. The molecule has 1 aromatic carbocycles. The van der Waals surface area contributed by atoms with Gasteiger partial charge in [-0.15, -0.1) is 0 Å². The van der Waals surface area contributed by atoms with E-state index in [9.17, 15) is 18.3 Å². The van der Waals surface area contributed by atoms with E-state index in [-0.39, 0.29) is 26.1 Å². The maximum absolute atomic E-state index is 13.1. The standard InChI is InChI=1S/C17H21F3O2/c1-3-16(21,4-2)15(17(18,19)20)11-8-12-22-13-14-9-6-5-7-10-14/h5-7,9-10,15,21H,3-4,12-13H2,1-2H3. The van der Waals surface area contributed by atoms with Gasteiger partial charge in [0.1, 0.15) is 12.5 Å². The first-order valence-electron chi connectivity index (χ1n) is 7.22. The highest BCUT2D eigenvalue weighted by molar-refractivity contribution is 5.14. The van der Waals surface area contributed by atoms with Gasteiger partial charge in [0.15, 0.2) is 0 Å². The van der Waals surface area contributed by atoms with Crippen LogP contribution in [0.3, 0.4) is 0 Å². The molecule has 1 aromatic rings. The van der Waals surface area contributed by atoms with E-state index in [1.165, 1.54) is 13.8 Å². The molecule has 122 valence electrons. The summed E-state index contributed by atoms with van der Waals surface area (Å²) in [6.45, 7) is 3.23. The van der Waals surface area contributed by atoms with Gasteiger partial charge in [0, 0.05) is 0 Å². The van der Waals surface area contributed by atoms with Crippen molar-refractivity contribution < 1.29 is 23.0 Å². The highest BCUT2D eigenvalue weighted by Gasteiger charge is 2.50. The number of benzene rings is 1. The summed E-state index contributed by atoms with van der Waals surface area (Å²) in [5.74, 6) is 2.46. The molecular formula is C17H21F3O2. The van der Waals surface area contributed by atoms with Crippen LogP contribution in [0, 0.1) is 17.8 Å². The van der Waals surface area contributed by atoms with Crippen molar-refractivity contribution in [2.75, 3.05) is 6.61 Å². The summed E-state index contributed by atoms with van der Waals surface area (Å²) in [7, 11) is 0. The molecule has 0 saturated heterocycles. The highest BCUT2D eigenvalue weighted by atomic mass is 19.4. The average molecular weight is 314 g/mol. The molecule has 0 heterocycles. The maximum Gasteiger partial charge on any atom is 0.405 e. The molecule has 0 radical (unpaired) electrons. The summed E-state index contributed by atoms with van der Waals surface area (Å²) in [4.78, 5) is 0. The van der Waals surface area contributed by atoms with Crippen molar-refractivity contribution in [3.05, 3.63) is 35.9 Å². The van der Waals surface area contributed by atoms with Gasteiger partial charge in [0.05, 0.1) is 12.2 Å². The highest BCUT2D eigenvalue weighted by Crippen LogP contribution is 2.37. The molecule has 0 aliphatic carbocycles. The minimum Gasteiger partial charge on any atom is -0.388 e. The van der Waals surface area contributed by atoms with E-state index >= 15 is 0 Å². The van der Waals surface area contributed by atoms with E-state index in [2.05, 4.69) is 11.8 Å². The van der Waals surface area contributed by atoms with Gasteiger partial charge in [-0.05, 0) is 18.4 Å². The third kappa shape index (κ3) is 5.36. The van der Waals surface area contributed by atoms with Crippen molar-refractivity contribution in [3.63, 3.8) is 0 Å². The predicted octanol–water partition coefficient (Wildman–Crippen LogP) is 3.94. The van der Waals surface area contributed by atoms with Crippen LogP contribution in [0.25, 0.3) is 0 Å². The fraction of sp³-hybridized carbons (Fsp3) is 0.529. The Balaban J connectivity index is 2.64. The van der Waals surface area contributed by atoms with E-state index < -0.39 is 17.7 Å². The molecule has 0 fully saturated rings. The molecule has 0 amide bonds. The molecule has 0 aliphatic rings. The Morgan fingerprint density at radius 2 is 1.73 bits per heavy atom. The molecule has 5 heteroatoms. The summed E-state index contributed by atoms with van der Waals surface area (Å²) in [6.07, 6.45) is -4.58. The molecule has 0 saturated carbocycles. The third-order valence-corrected chi connectivity index (χ3v) is 3.62.